The fourth-order valence-electron chi connectivity index (χ4n) is 2.60. The van der Waals surface area contributed by atoms with Gasteiger partial charge in [0, 0.05) is 24.6 Å². The van der Waals surface area contributed by atoms with Gasteiger partial charge >= 0.3 is 71.1 Å². The number of cyclic esters (lactones) is 1. The molecule has 0 bridgehead atoms. The first-order valence-electron chi connectivity index (χ1n) is 13.3. The third-order valence-electron chi connectivity index (χ3n) is 5.13. The van der Waals surface area contributed by atoms with E-state index in [0.29, 0.717) is 19.6 Å². The molecule has 1 fully saturated rings. The number of benzene rings is 2. The number of aliphatic carboxylic acids is 1. The molecule has 1 aliphatic rings. The molecule has 0 spiro atoms. The quantitative estimate of drug-likeness (QED) is 0.137. The summed E-state index contributed by atoms with van der Waals surface area (Å²) < 4.78 is 25.2. The maximum absolute atomic E-state index is 11.4. The minimum Gasteiger partial charge on any atom is -0.870 e. The standard InChI is InChI=1S/C12H16O3.C7H7Br.C5H8O2.C4H9NO3.CH3F.2Na.H2O/c1-10(7-8-13)12(14)15-9-11-5-3-2-4-6-11;8-6-7-4-2-1-3-5-7;1-4-2-3-7-5(4)6;5-3(1-2-6)4(7)8;1-2;;;/h2-6,10,13H,7-9H2,1H3;1-5H,6H2;4H,2-3H2,1H3;3,6H,1-2,5H2,(H,7,8);1H3;;;1H2/q;;;;;2*+1;/p-2/i;;;;1D;;;. The molecular weight excluding hydrogens is 651 g/mol. The van der Waals surface area contributed by atoms with Gasteiger partial charge in [0.1, 0.15) is 6.61 Å². The zero-order chi connectivity index (χ0) is 31.5. The van der Waals surface area contributed by atoms with Crippen LogP contribution in [-0.2, 0) is 35.8 Å². The van der Waals surface area contributed by atoms with Crippen LogP contribution in [0.1, 0.15) is 45.6 Å². The van der Waals surface area contributed by atoms with Crippen LogP contribution in [-0.4, -0.2) is 66.6 Å². The summed E-state index contributed by atoms with van der Waals surface area (Å²) in [5, 5.41) is 27.5. The van der Waals surface area contributed by atoms with Crippen LogP contribution < -0.4 is 70.0 Å². The Bertz CT molecular complexity index is 942. The van der Waals surface area contributed by atoms with Crippen molar-refractivity contribution < 1.29 is 110 Å². The average molecular weight is 696 g/mol. The number of hydrogen-bond acceptors (Lipinski definition) is 10. The Morgan fingerprint density at radius 1 is 1.09 bits per heavy atom. The van der Waals surface area contributed by atoms with Gasteiger partial charge in [-0.1, -0.05) is 90.4 Å². The summed E-state index contributed by atoms with van der Waals surface area (Å²) in [7, 11) is -1.00. The van der Waals surface area contributed by atoms with Crippen molar-refractivity contribution >= 4 is 33.8 Å². The van der Waals surface area contributed by atoms with Crippen LogP contribution in [0, 0.1) is 11.8 Å². The normalized spacial score (nSPS) is 13.8. The molecule has 0 aromatic heterocycles. The number of alkyl halides is 2. The maximum atomic E-state index is 11.4. The molecule has 1 saturated heterocycles. The smallest absolute Gasteiger partial charge is 0.870 e. The third-order valence-corrected chi connectivity index (χ3v) is 5.77. The van der Waals surface area contributed by atoms with E-state index in [9.17, 15) is 23.9 Å². The van der Waals surface area contributed by atoms with E-state index in [1.165, 1.54) is 5.56 Å². The van der Waals surface area contributed by atoms with Crippen molar-refractivity contribution in [2.75, 3.05) is 27.0 Å². The summed E-state index contributed by atoms with van der Waals surface area (Å²) in [6, 6.07) is 18.8. The van der Waals surface area contributed by atoms with Gasteiger partial charge in [0.05, 0.1) is 32.9 Å². The van der Waals surface area contributed by atoms with E-state index in [0.717, 1.165) is 17.3 Å². The van der Waals surface area contributed by atoms with Crippen LogP contribution in [0.5, 0.6) is 0 Å². The van der Waals surface area contributed by atoms with Gasteiger partial charge in [-0.3, -0.25) is 14.0 Å². The molecule has 5 N–H and O–H groups in total. The minimum absolute atomic E-state index is 0. The molecule has 43 heavy (non-hydrogen) atoms. The first-order chi connectivity index (χ1) is 19.6. The monoisotopic (exact) mass is 694 g/mol. The molecule has 3 unspecified atom stereocenters. The van der Waals surface area contributed by atoms with Crippen molar-refractivity contribution in [3.05, 3.63) is 71.8 Å². The topological polar surface area (TPSA) is 189 Å². The molecule has 2 aromatic rings. The van der Waals surface area contributed by atoms with E-state index in [1.807, 2.05) is 55.5 Å². The van der Waals surface area contributed by atoms with Gasteiger partial charge in [0.15, 0.2) is 0 Å². The number of carbonyl (C=O) groups is 3. The number of rotatable bonds is 9. The average Bonchev–Trinajstić information content (AvgIpc) is 3.36. The molecule has 1 heterocycles. The number of hydrogen-bond donors (Lipinski definition) is 3. The first-order valence-corrected chi connectivity index (χ1v) is 13.7. The Labute approximate surface area is 308 Å². The molecule has 0 saturated carbocycles. The Hall–Kier alpha value is -0.900. The summed E-state index contributed by atoms with van der Waals surface area (Å²) >= 11 is 3.36. The van der Waals surface area contributed by atoms with Crippen LogP contribution in [0.2, 0.25) is 0 Å². The number of halogens is 2. The van der Waals surface area contributed by atoms with Gasteiger partial charge in [0.2, 0.25) is 0 Å². The van der Waals surface area contributed by atoms with E-state index in [2.05, 4.69) is 32.8 Å². The number of carboxylic acid groups (broad SMARTS) is 1. The van der Waals surface area contributed by atoms with E-state index in [1.54, 1.807) is 6.92 Å². The van der Waals surface area contributed by atoms with Gasteiger partial charge < -0.3 is 40.8 Å². The number of aliphatic hydroxyl groups excluding tert-OH is 2. The SMILES string of the molecule is BrCc1ccccc1.CC(CCO)C(=O)OCc1ccccc1.CC1CCOC1=O.NC(CCO)C(=O)[O-].[2H]CF.[Na+].[Na+].[OH-]. The summed E-state index contributed by atoms with van der Waals surface area (Å²) in [6.45, 7) is 4.37. The molecule has 2 aromatic carbocycles. The van der Waals surface area contributed by atoms with Gasteiger partial charge in [-0.2, -0.15) is 0 Å². The molecule has 14 heteroatoms. The van der Waals surface area contributed by atoms with Gasteiger partial charge in [-0.25, -0.2) is 0 Å². The van der Waals surface area contributed by atoms with Crippen LogP contribution in [0.15, 0.2) is 60.7 Å². The summed E-state index contributed by atoms with van der Waals surface area (Å²) in [4.78, 5) is 31.5. The number of carboxylic acids is 1. The van der Waals surface area contributed by atoms with Crippen molar-refractivity contribution in [2.45, 2.75) is 51.1 Å². The van der Waals surface area contributed by atoms with E-state index >= 15 is 0 Å². The second-order valence-corrected chi connectivity index (χ2v) is 8.98. The van der Waals surface area contributed by atoms with Gasteiger partial charge in [0.25, 0.3) is 0 Å². The van der Waals surface area contributed by atoms with Crippen molar-refractivity contribution in [3.63, 3.8) is 0 Å². The van der Waals surface area contributed by atoms with E-state index in [-0.39, 0.29) is 108 Å². The summed E-state index contributed by atoms with van der Waals surface area (Å²) in [5.74, 6) is -1.70. The molecule has 10 nitrogen and oxygen atoms in total. The third kappa shape index (κ3) is 29.6. The first kappa shape index (κ1) is 49.0. The van der Waals surface area contributed by atoms with Crippen LogP contribution in [0.3, 0.4) is 0 Å². The Balaban J connectivity index is -0.000000152. The van der Waals surface area contributed by atoms with Crippen LogP contribution in [0.4, 0.5) is 4.39 Å². The molecule has 0 amide bonds. The predicted molar refractivity (Wildman–Crippen MR) is 155 cm³/mol. The van der Waals surface area contributed by atoms with Crippen LogP contribution in [0.25, 0.3) is 0 Å². The number of esters is 2. The minimum atomic E-state index is -1.32. The largest absolute Gasteiger partial charge is 1.00 e. The molecule has 3 atom stereocenters. The molecular formula is C29H43BrFNNa2O9. The second-order valence-electron chi connectivity index (χ2n) is 8.42. The van der Waals surface area contributed by atoms with E-state index in [4.69, 9.17) is 22.1 Å². The Morgan fingerprint density at radius 2 is 1.56 bits per heavy atom. The van der Waals surface area contributed by atoms with Gasteiger partial charge in [-0.05, 0) is 30.4 Å². The zero-order valence-electron chi connectivity index (χ0n) is 26.5. The molecule has 0 radical (unpaired) electrons. The fourth-order valence-corrected chi connectivity index (χ4v) is 2.98. The molecule has 0 aliphatic carbocycles. The van der Waals surface area contributed by atoms with Crippen molar-refractivity contribution in [1.82, 2.24) is 0 Å². The van der Waals surface area contributed by atoms with Crippen molar-refractivity contribution in [3.8, 4) is 0 Å². The van der Waals surface area contributed by atoms with Crippen LogP contribution >= 0.6 is 15.9 Å². The van der Waals surface area contributed by atoms with Gasteiger partial charge in [-0.15, -0.1) is 0 Å². The fraction of sp³-hybridized carbons (Fsp3) is 0.483. The Kier molecular flexibility index (Phi) is 40.5. The van der Waals surface area contributed by atoms with E-state index < -0.39 is 19.2 Å². The number of ether oxygens (including phenoxy) is 2. The molecule has 234 valence electrons. The summed E-state index contributed by atoms with van der Waals surface area (Å²) in [6.07, 6.45) is 1.41. The second kappa shape index (κ2) is 35.6. The van der Waals surface area contributed by atoms with Crippen molar-refractivity contribution in [1.29, 1.82) is 0 Å². The number of nitrogens with two attached hydrogens (primary N) is 1. The maximum Gasteiger partial charge on any atom is 1.00 e. The zero-order valence-corrected chi connectivity index (χ0v) is 31.1. The molecule has 3 rings (SSSR count). The summed E-state index contributed by atoms with van der Waals surface area (Å²) in [5.41, 5.74) is 7.21. The molecule has 1 aliphatic heterocycles. The number of aliphatic hydroxyl groups is 2. The van der Waals surface area contributed by atoms with Crippen molar-refractivity contribution in [2.24, 2.45) is 17.6 Å². The Morgan fingerprint density at radius 3 is 1.84 bits per heavy atom. The predicted octanol–water partition coefficient (Wildman–Crippen LogP) is -3.24. The number of carbonyl (C=O) groups excluding carboxylic acids is 3.